The lowest BCUT2D eigenvalue weighted by molar-refractivity contribution is 0.661. The first kappa shape index (κ1) is 52.0. The standard InChI is InChI=1S/C72H84O/c1-29-31(3)42(14)57(43(15)32(29)4)59-54(26)60(58-44(16)33(5)30(2)34(6)45(58)17)56(28)61(55(59)27)68-62-46(18)35(7)37(9)48(20)64(62)69(65-49(21)38(10)36(8)47(19)63(65)68)66-50(22)41(13)53(25)72-70(66)67-51(23)39(11)40(12)52(24)71(67)73-72/h1-28H3. The van der Waals surface area contributed by atoms with Crippen LogP contribution in [0.4, 0.5) is 0 Å². The van der Waals surface area contributed by atoms with Crippen LogP contribution in [0, 0.1) is 194 Å². The van der Waals surface area contributed by atoms with Crippen LogP contribution in [-0.2, 0) is 0 Å². The molecular weight excluding hydrogens is 881 g/mol. The van der Waals surface area contributed by atoms with Crippen LogP contribution >= 0.6 is 0 Å². The largest absolute Gasteiger partial charge is 0.455 e. The van der Waals surface area contributed by atoms with Gasteiger partial charge >= 0.3 is 0 Å². The molecule has 378 valence electrons. The fourth-order valence-corrected chi connectivity index (χ4v) is 14.3. The summed E-state index contributed by atoms with van der Waals surface area (Å²) in [5.74, 6) is 0. The normalized spacial score (nSPS) is 12.1. The van der Waals surface area contributed by atoms with E-state index in [1.807, 2.05) is 0 Å². The van der Waals surface area contributed by atoms with Crippen molar-refractivity contribution in [3.63, 3.8) is 0 Å². The van der Waals surface area contributed by atoms with Crippen LogP contribution in [0.5, 0.6) is 0 Å². The van der Waals surface area contributed by atoms with Crippen molar-refractivity contribution >= 4 is 43.5 Å². The van der Waals surface area contributed by atoms with Gasteiger partial charge in [-0.3, -0.25) is 0 Å². The smallest absolute Gasteiger partial charge is 0.139 e. The summed E-state index contributed by atoms with van der Waals surface area (Å²) in [7, 11) is 0. The van der Waals surface area contributed by atoms with E-state index in [1.54, 1.807) is 0 Å². The molecule has 0 saturated carbocycles. The van der Waals surface area contributed by atoms with Gasteiger partial charge in [0.15, 0.2) is 0 Å². The molecule has 0 fully saturated rings. The highest BCUT2D eigenvalue weighted by atomic mass is 16.3. The Labute approximate surface area is 439 Å². The third-order valence-electron chi connectivity index (χ3n) is 21.0. The quantitative estimate of drug-likeness (QED) is 0.160. The van der Waals surface area contributed by atoms with Crippen molar-refractivity contribution in [1.29, 1.82) is 0 Å². The summed E-state index contributed by atoms with van der Waals surface area (Å²) in [4.78, 5) is 0. The van der Waals surface area contributed by atoms with Crippen molar-refractivity contribution in [2.24, 2.45) is 0 Å². The molecule has 1 aromatic heterocycles. The van der Waals surface area contributed by atoms with E-state index in [0.29, 0.717) is 0 Å². The fraction of sp³-hybridized carbons (Fsp3) is 0.389. The van der Waals surface area contributed by atoms with E-state index in [2.05, 4.69) is 194 Å². The summed E-state index contributed by atoms with van der Waals surface area (Å²) in [6, 6.07) is 0. The summed E-state index contributed by atoms with van der Waals surface area (Å²) in [6.07, 6.45) is 0. The van der Waals surface area contributed by atoms with Gasteiger partial charge in [-0.1, -0.05) is 0 Å². The number of hydrogen-bond donors (Lipinski definition) is 0. The van der Waals surface area contributed by atoms with Crippen LogP contribution in [0.15, 0.2) is 4.42 Å². The van der Waals surface area contributed by atoms with Gasteiger partial charge in [-0.2, -0.15) is 0 Å². The second-order valence-electron chi connectivity index (χ2n) is 23.5. The molecule has 0 aliphatic carbocycles. The van der Waals surface area contributed by atoms with Crippen molar-refractivity contribution in [2.75, 3.05) is 0 Å². The summed E-state index contributed by atoms with van der Waals surface area (Å²) in [6.45, 7) is 66.4. The van der Waals surface area contributed by atoms with Crippen molar-refractivity contribution in [1.82, 2.24) is 0 Å². The van der Waals surface area contributed by atoms with Crippen LogP contribution in [-0.4, -0.2) is 0 Å². The number of rotatable bonds is 4. The van der Waals surface area contributed by atoms with Crippen molar-refractivity contribution < 1.29 is 4.42 Å². The molecule has 1 heteroatoms. The summed E-state index contributed by atoms with van der Waals surface area (Å²) < 4.78 is 7.28. The van der Waals surface area contributed by atoms with Gasteiger partial charge in [0.25, 0.3) is 0 Å². The molecule has 0 radical (unpaired) electrons. The predicted molar refractivity (Wildman–Crippen MR) is 323 cm³/mol. The molecule has 0 aliphatic rings. The van der Waals surface area contributed by atoms with Crippen molar-refractivity contribution in [3.8, 4) is 44.5 Å². The highest BCUT2D eigenvalue weighted by Crippen LogP contribution is 2.58. The maximum Gasteiger partial charge on any atom is 0.139 e. The summed E-state index contributed by atoms with van der Waals surface area (Å²) in [5.41, 5.74) is 51.1. The Kier molecular flexibility index (Phi) is 12.3. The molecule has 0 aliphatic heterocycles. The fourth-order valence-electron chi connectivity index (χ4n) is 14.3. The Morgan fingerprint density at radius 1 is 0.123 bits per heavy atom. The molecule has 1 nitrogen and oxygen atoms in total. The maximum atomic E-state index is 7.28. The van der Waals surface area contributed by atoms with Gasteiger partial charge in [0.05, 0.1) is 0 Å². The minimum absolute atomic E-state index is 1.02. The first-order valence-electron chi connectivity index (χ1n) is 27.2. The van der Waals surface area contributed by atoms with Crippen LogP contribution < -0.4 is 0 Å². The Morgan fingerprint density at radius 2 is 0.301 bits per heavy atom. The first-order valence-corrected chi connectivity index (χ1v) is 27.2. The molecule has 0 unspecified atom stereocenters. The third-order valence-corrected chi connectivity index (χ3v) is 21.0. The summed E-state index contributed by atoms with van der Waals surface area (Å²) >= 11 is 0. The molecule has 73 heavy (non-hydrogen) atoms. The number of hydrogen-bond acceptors (Lipinski definition) is 1. The van der Waals surface area contributed by atoms with Gasteiger partial charge in [-0.25, -0.2) is 0 Å². The number of benzene rings is 8. The zero-order chi connectivity index (χ0) is 54.1. The van der Waals surface area contributed by atoms with Gasteiger partial charge in [-0.15, -0.1) is 0 Å². The average molecular weight is 965 g/mol. The number of fused-ring (bicyclic) bond motifs is 5. The van der Waals surface area contributed by atoms with E-state index >= 15 is 0 Å². The zero-order valence-electron chi connectivity index (χ0n) is 50.4. The van der Waals surface area contributed by atoms with E-state index in [4.69, 9.17) is 4.42 Å². The first-order chi connectivity index (χ1) is 34.0. The Balaban J connectivity index is 1.70. The van der Waals surface area contributed by atoms with Crippen molar-refractivity contribution in [3.05, 3.63) is 156 Å². The SMILES string of the molecule is Cc1c(C)c(C)c(-c2c(C)c(-c3c(C)c(C)c(C)c(C)c3C)c(C)c(-c3c4c(C)c(C)c(C)c(C)c4c(-c4c(C)c(C)c(C)c5oc6c(C)c(C)c(C)c(C)c6c45)c4c(C)c(C)c(C)c(C)c34)c2C)c(C)c1C. The molecule has 9 aromatic rings. The van der Waals surface area contributed by atoms with Crippen LogP contribution in [0.2, 0.25) is 0 Å². The van der Waals surface area contributed by atoms with Crippen LogP contribution in [0.25, 0.3) is 88.0 Å². The average Bonchev–Trinajstić information content (AvgIpc) is 3.76. The van der Waals surface area contributed by atoms with E-state index in [9.17, 15) is 0 Å². The lowest BCUT2D eigenvalue weighted by Crippen LogP contribution is -2.09. The monoisotopic (exact) mass is 965 g/mol. The lowest BCUT2D eigenvalue weighted by Gasteiger charge is -2.32. The molecule has 1 heterocycles. The molecule has 0 spiro atoms. The second kappa shape index (κ2) is 17.3. The molecule has 8 aromatic carbocycles. The zero-order valence-corrected chi connectivity index (χ0v) is 50.4. The summed E-state index contributed by atoms with van der Waals surface area (Å²) in [5, 5.41) is 8.05. The Morgan fingerprint density at radius 3 is 0.616 bits per heavy atom. The molecule has 0 atom stereocenters. The van der Waals surface area contributed by atoms with Gasteiger partial charge in [0.1, 0.15) is 11.2 Å². The second-order valence-corrected chi connectivity index (χ2v) is 23.5. The van der Waals surface area contributed by atoms with Gasteiger partial charge < -0.3 is 4.42 Å². The third kappa shape index (κ3) is 6.64. The number of furan rings is 1. The molecular formula is C72H84O. The molecule has 0 bridgehead atoms. The van der Waals surface area contributed by atoms with E-state index in [1.165, 1.54) is 233 Å². The van der Waals surface area contributed by atoms with Gasteiger partial charge in [0.2, 0.25) is 0 Å². The molecule has 0 N–H and O–H groups in total. The highest BCUT2D eigenvalue weighted by molar-refractivity contribution is 6.30. The van der Waals surface area contributed by atoms with E-state index in [0.717, 1.165) is 11.2 Å². The topological polar surface area (TPSA) is 13.1 Å². The Bertz CT molecular complexity index is 3810. The predicted octanol–water partition coefficient (Wildman–Crippen LogP) is 21.2. The molecule has 0 amide bonds. The van der Waals surface area contributed by atoms with Crippen molar-refractivity contribution in [2.45, 2.75) is 194 Å². The number of aryl methyl sites for hydroxylation is 7. The lowest BCUT2D eigenvalue weighted by atomic mass is 9.71. The van der Waals surface area contributed by atoms with E-state index in [-0.39, 0.29) is 0 Å². The Hall–Kier alpha value is -5.92. The minimum atomic E-state index is 1.02. The van der Waals surface area contributed by atoms with Crippen LogP contribution in [0.1, 0.15) is 156 Å². The highest BCUT2D eigenvalue weighted by Gasteiger charge is 2.34. The van der Waals surface area contributed by atoms with Crippen LogP contribution in [0.3, 0.4) is 0 Å². The maximum absolute atomic E-state index is 7.28. The minimum Gasteiger partial charge on any atom is -0.455 e. The van der Waals surface area contributed by atoms with E-state index < -0.39 is 0 Å². The van der Waals surface area contributed by atoms with Gasteiger partial charge in [-0.05, 0) is 416 Å². The molecule has 9 rings (SSSR count). The van der Waals surface area contributed by atoms with Gasteiger partial charge in [0, 0.05) is 10.8 Å². The molecule has 0 saturated heterocycles.